The van der Waals surface area contributed by atoms with Crippen molar-refractivity contribution in [3.63, 3.8) is 0 Å². The SMILES string of the molecule is c1ccc(Nc2ccccc2-c2ccc3c(c2)sc2c(-c4ccccc4)cccc23)cc1. The fourth-order valence-electron chi connectivity index (χ4n) is 4.33. The van der Waals surface area contributed by atoms with Crippen molar-refractivity contribution in [3.05, 3.63) is 121 Å². The molecular weight excluding hydrogens is 406 g/mol. The molecule has 0 amide bonds. The minimum atomic E-state index is 1.09. The number of anilines is 2. The summed E-state index contributed by atoms with van der Waals surface area (Å²) in [5.41, 5.74) is 7.21. The Kier molecular flexibility index (Phi) is 4.71. The van der Waals surface area contributed by atoms with E-state index in [2.05, 4.69) is 121 Å². The molecule has 0 spiro atoms. The Morgan fingerprint density at radius 3 is 2.06 bits per heavy atom. The number of nitrogens with one attached hydrogen (secondary N) is 1. The zero-order valence-electron chi connectivity index (χ0n) is 17.5. The minimum Gasteiger partial charge on any atom is -0.355 e. The molecule has 0 saturated heterocycles. The molecule has 1 N–H and O–H groups in total. The normalized spacial score (nSPS) is 11.1. The second kappa shape index (κ2) is 7.99. The number of para-hydroxylation sites is 2. The Hall–Kier alpha value is -3.88. The van der Waals surface area contributed by atoms with Gasteiger partial charge < -0.3 is 5.32 Å². The van der Waals surface area contributed by atoms with E-state index in [-0.39, 0.29) is 0 Å². The molecule has 6 aromatic rings. The van der Waals surface area contributed by atoms with Crippen molar-refractivity contribution in [2.24, 2.45) is 0 Å². The van der Waals surface area contributed by atoms with E-state index in [9.17, 15) is 0 Å². The Labute approximate surface area is 191 Å². The summed E-state index contributed by atoms with van der Waals surface area (Å²) < 4.78 is 2.66. The Morgan fingerprint density at radius 2 is 1.22 bits per heavy atom. The average molecular weight is 428 g/mol. The number of hydrogen-bond acceptors (Lipinski definition) is 2. The van der Waals surface area contributed by atoms with Crippen LogP contribution in [0.3, 0.4) is 0 Å². The van der Waals surface area contributed by atoms with Gasteiger partial charge in [0.05, 0.1) is 0 Å². The molecule has 1 heterocycles. The lowest BCUT2D eigenvalue weighted by molar-refractivity contribution is 1.54. The molecule has 0 fully saturated rings. The molecule has 1 nitrogen and oxygen atoms in total. The molecule has 0 aliphatic rings. The van der Waals surface area contributed by atoms with Gasteiger partial charge in [-0.3, -0.25) is 0 Å². The molecule has 0 saturated carbocycles. The molecule has 0 bridgehead atoms. The van der Waals surface area contributed by atoms with Crippen LogP contribution < -0.4 is 5.32 Å². The van der Waals surface area contributed by atoms with E-state index >= 15 is 0 Å². The molecule has 0 unspecified atom stereocenters. The van der Waals surface area contributed by atoms with Crippen LogP contribution in [0.5, 0.6) is 0 Å². The van der Waals surface area contributed by atoms with Crippen LogP contribution in [0.15, 0.2) is 121 Å². The first-order valence-corrected chi connectivity index (χ1v) is 11.6. The molecule has 0 radical (unpaired) electrons. The van der Waals surface area contributed by atoms with Gasteiger partial charge in [0.15, 0.2) is 0 Å². The zero-order chi connectivity index (χ0) is 21.3. The summed E-state index contributed by atoms with van der Waals surface area (Å²) in [6.07, 6.45) is 0. The quantitative estimate of drug-likeness (QED) is 0.296. The van der Waals surface area contributed by atoms with E-state index in [0.717, 1.165) is 11.4 Å². The van der Waals surface area contributed by atoms with E-state index in [1.807, 2.05) is 17.4 Å². The van der Waals surface area contributed by atoms with E-state index < -0.39 is 0 Å². The maximum Gasteiger partial charge on any atom is 0.0463 e. The summed E-state index contributed by atoms with van der Waals surface area (Å²) in [6.45, 7) is 0. The summed E-state index contributed by atoms with van der Waals surface area (Å²) in [7, 11) is 0. The molecule has 1 aromatic heterocycles. The fraction of sp³-hybridized carbons (Fsp3) is 0. The first kappa shape index (κ1) is 18.9. The topological polar surface area (TPSA) is 12.0 Å². The van der Waals surface area contributed by atoms with Gasteiger partial charge in [0, 0.05) is 37.1 Å². The highest BCUT2D eigenvalue weighted by atomic mass is 32.1. The highest BCUT2D eigenvalue weighted by molar-refractivity contribution is 7.26. The monoisotopic (exact) mass is 427 g/mol. The van der Waals surface area contributed by atoms with Gasteiger partial charge in [0.25, 0.3) is 0 Å². The highest BCUT2D eigenvalue weighted by Crippen LogP contribution is 2.42. The van der Waals surface area contributed by atoms with Gasteiger partial charge in [0.2, 0.25) is 0 Å². The minimum absolute atomic E-state index is 1.09. The number of thiophene rings is 1. The molecule has 152 valence electrons. The second-order valence-electron chi connectivity index (χ2n) is 7.90. The number of rotatable bonds is 4. The van der Waals surface area contributed by atoms with Gasteiger partial charge in [-0.2, -0.15) is 0 Å². The second-order valence-corrected chi connectivity index (χ2v) is 8.95. The third-order valence-electron chi connectivity index (χ3n) is 5.87. The van der Waals surface area contributed by atoms with Crippen LogP contribution in [0.2, 0.25) is 0 Å². The fourth-order valence-corrected chi connectivity index (χ4v) is 5.61. The maximum absolute atomic E-state index is 3.58. The van der Waals surface area contributed by atoms with Crippen molar-refractivity contribution in [1.29, 1.82) is 0 Å². The predicted molar refractivity (Wildman–Crippen MR) is 140 cm³/mol. The first-order chi connectivity index (χ1) is 15.9. The third kappa shape index (κ3) is 3.35. The lowest BCUT2D eigenvalue weighted by Gasteiger charge is -2.12. The van der Waals surface area contributed by atoms with Crippen molar-refractivity contribution in [1.82, 2.24) is 0 Å². The summed E-state index contributed by atoms with van der Waals surface area (Å²) in [4.78, 5) is 0. The number of benzene rings is 5. The van der Waals surface area contributed by atoms with Gasteiger partial charge in [-0.15, -0.1) is 11.3 Å². The van der Waals surface area contributed by atoms with Crippen molar-refractivity contribution in [2.45, 2.75) is 0 Å². The van der Waals surface area contributed by atoms with Crippen LogP contribution in [0.4, 0.5) is 11.4 Å². The Morgan fingerprint density at radius 1 is 0.500 bits per heavy atom. The third-order valence-corrected chi connectivity index (χ3v) is 7.08. The van der Waals surface area contributed by atoms with Gasteiger partial charge in [-0.1, -0.05) is 97.1 Å². The lowest BCUT2D eigenvalue weighted by atomic mass is 10.00. The number of hydrogen-bond donors (Lipinski definition) is 1. The van der Waals surface area contributed by atoms with Gasteiger partial charge in [-0.05, 0) is 41.0 Å². The molecule has 6 rings (SSSR count). The zero-order valence-corrected chi connectivity index (χ0v) is 18.3. The Balaban J connectivity index is 1.48. The van der Waals surface area contributed by atoms with Crippen molar-refractivity contribution in [3.8, 4) is 22.3 Å². The molecule has 0 aliphatic heterocycles. The van der Waals surface area contributed by atoms with Crippen LogP contribution in [0.1, 0.15) is 0 Å². The van der Waals surface area contributed by atoms with Crippen LogP contribution >= 0.6 is 11.3 Å². The van der Waals surface area contributed by atoms with Crippen molar-refractivity contribution in [2.75, 3.05) is 5.32 Å². The standard InChI is InChI=1S/C30H21NS/c1-3-10-21(11-4-1)25-15-9-16-27-26-19-18-22(20-29(26)32-30(25)27)24-14-7-8-17-28(24)31-23-12-5-2-6-13-23/h1-20,31H. The van der Waals surface area contributed by atoms with Crippen molar-refractivity contribution < 1.29 is 0 Å². The van der Waals surface area contributed by atoms with E-state index in [4.69, 9.17) is 0 Å². The lowest BCUT2D eigenvalue weighted by Crippen LogP contribution is -1.92. The van der Waals surface area contributed by atoms with E-state index in [1.165, 1.54) is 42.4 Å². The summed E-state index contributed by atoms with van der Waals surface area (Å²) >= 11 is 1.88. The van der Waals surface area contributed by atoms with E-state index in [0.29, 0.717) is 0 Å². The molecule has 2 heteroatoms. The largest absolute Gasteiger partial charge is 0.355 e. The van der Waals surface area contributed by atoms with Gasteiger partial charge >= 0.3 is 0 Å². The summed E-state index contributed by atoms with van der Waals surface area (Å²) in [5.74, 6) is 0. The summed E-state index contributed by atoms with van der Waals surface area (Å²) in [6, 6.07) is 43.0. The van der Waals surface area contributed by atoms with Crippen LogP contribution in [0, 0.1) is 0 Å². The molecule has 0 aliphatic carbocycles. The smallest absolute Gasteiger partial charge is 0.0463 e. The molecule has 5 aromatic carbocycles. The predicted octanol–water partition coefficient (Wildman–Crippen LogP) is 9.13. The van der Waals surface area contributed by atoms with Crippen molar-refractivity contribution >= 4 is 42.9 Å². The number of fused-ring (bicyclic) bond motifs is 3. The van der Waals surface area contributed by atoms with E-state index in [1.54, 1.807) is 0 Å². The van der Waals surface area contributed by atoms with Crippen LogP contribution in [0.25, 0.3) is 42.4 Å². The molecular formula is C30H21NS. The molecule has 0 atom stereocenters. The average Bonchev–Trinajstić information content (AvgIpc) is 3.23. The summed E-state index contributed by atoms with van der Waals surface area (Å²) in [5, 5.41) is 6.23. The molecule has 32 heavy (non-hydrogen) atoms. The Bertz CT molecular complexity index is 1530. The first-order valence-electron chi connectivity index (χ1n) is 10.8. The van der Waals surface area contributed by atoms with Gasteiger partial charge in [-0.25, -0.2) is 0 Å². The van der Waals surface area contributed by atoms with Crippen LogP contribution in [-0.2, 0) is 0 Å². The van der Waals surface area contributed by atoms with Crippen LogP contribution in [-0.4, -0.2) is 0 Å². The van der Waals surface area contributed by atoms with Gasteiger partial charge in [0.1, 0.15) is 0 Å². The maximum atomic E-state index is 3.58. The highest BCUT2D eigenvalue weighted by Gasteiger charge is 2.12.